The van der Waals surface area contributed by atoms with Crippen molar-refractivity contribution < 1.29 is 0 Å². The highest BCUT2D eigenvalue weighted by Crippen LogP contribution is 2.42. The number of hydrogen-bond donors (Lipinski definition) is 0. The Morgan fingerprint density at radius 3 is 2.34 bits per heavy atom. The van der Waals surface area contributed by atoms with E-state index in [0.717, 1.165) is 52.8 Å². The first-order valence-corrected chi connectivity index (χ1v) is 14.4. The highest BCUT2D eigenvalue weighted by molar-refractivity contribution is 7.07. The first kappa shape index (κ1) is 25.7. The van der Waals surface area contributed by atoms with Gasteiger partial charge in [-0.1, -0.05) is 100 Å². The van der Waals surface area contributed by atoms with Crippen molar-refractivity contribution in [2.24, 2.45) is 4.99 Å². The summed E-state index contributed by atoms with van der Waals surface area (Å²) in [5.74, 6) is 0. The van der Waals surface area contributed by atoms with Gasteiger partial charge < -0.3 is 0 Å². The maximum Gasteiger partial charge on any atom is 0.271 e. The molecule has 0 radical (unpaired) electrons. The van der Waals surface area contributed by atoms with Crippen molar-refractivity contribution in [3.63, 3.8) is 0 Å². The molecule has 0 saturated heterocycles. The van der Waals surface area contributed by atoms with E-state index in [1.54, 1.807) is 22.8 Å². The van der Waals surface area contributed by atoms with Crippen molar-refractivity contribution in [3.8, 4) is 0 Å². The predicted molar refractivity (Wildman–Crippen MR) is 159 cm³/mol. The summed E-state index contributed by atoms with van der Waals surface area (Å²) < 4.78 is 2.32. The van der Waals surface area contributed by atoms with Crippen LogP contribution in [0.3, 0.4) is 0 Å². The van der Waals surface area contributed by atoms with E-state index in [1.165, 1.54) is 11.3 Å². The maximum atomic E-state index is 13.9. The largest absolute Gasteiger partial charge is 0.272 e. The van der Waals surface area contributed by atoms with Gasteiger partial charge in [-0.05, 0) is 83.5 Å². The van der Waals surface area contributed by atoms with Gasteiger partial charge in [0.1, 0.15) is 0 Å². The molecule has 3 aromatic carbocycles. The fraction of sp³-hybridized carbons (Fsp3) is 0.133. The molecule has 0 fully saturated rings. The molecule has 0 saturated carbocycles. The van der Waals surface area contributed by atoms with E-state index in [0.29, 0.717) is 29.4 Å². The Labute approximate surface area is 243 Å². The molecule has 1 aromatic heterocycles. The molecule has 38 heavy (non-hydrogen) atoms. The zero-order valence-corrected chi connectivity index (χ0v) is 23.8. The molecule has 2 heterocycles. The molecule has 6 rings (SSSR count). The van der Waals surface area contributed by atoms with Crippen LogP contribution in [-0.4, -0.2) is 4.57 Å². The van der Waals surface area contributed by atoms with Crippen LogP contribution >= 0.6 is 57.7 Å². The van der Waals surface area contributed by atoms with E-state index in [9.17, 15) is 4.79 Å². The SMILES string of the molecule is O=c1/c(=C\c2ccc(Cl)cc2Cl)sc2n1C(c1ccccc1Cl)C1=C(N=2)/C(=C/c2ccccc2Cl)CCC1. The van der Waals surface area contributed by atoms with Crippen LogP contribution in [0.2, 0.25) is 20.1 Å². The lowest BCUT2D eigenvalue weighted by molar-refractivity contribution is 0.553. The molecular weight excluding hydrogens is 578 g/mol. The third-order valence-electron chi connectivity index (χ3n) is 6.82. The molecular formula is C30H20Cl4N2OS. The quantitative estimate of drug-likeness (QED) is 0.235. The van der Waals surface area contributed by atoms with Gasteiger partial charge in [-0.3, -0.25) is 9.36 Å². The number of benzene rings is 3. The first-order chi connectivity index (χ1) is 18.4. The Bertz CT molecular complexity index is 1830. The molecule has 1 aliphatic heterocycles. The van der Waals surface area contributed by atoms with Gasteiger partial charge in [0.15, 0.2) is 4.80 Å². The Hall–Kier alpha value is -2.60. The van der Waals surface area contributed by atoms with Gasteiger partial charge in [0.25, 0.3) is 5.56 Å². The van der Waals surface area contributed by atoms with E-state index >= 15 is 0 Å². The summed E-state index contributed by atoms with van der Waals surface area (Å²) in [6.45, 7) is 0. The number of aromatic nitrogens is 1. The molecule has 3 nitrogen and oxygen atoms in total. The normalized spacial score (nSPS) is 18.4. The first-order valence-electron chi connectivity index (χ1n) is 12.1. The van der Waals surface area contributed by atoms with Gasteiger partial charge in [-0.2, -0.15) is 0 Å². The minimum absolute atomic E-state index is 0.126. The summed E-state index contributed by atoms with van der Waals surface area (Å²) in [7, 11) is 0. The van der Waals surface area contributed by atoms with Gasteiger partial charge in [0.05, 0.1) is 16.3 Å². The van der Waals surface area contributed by atoms with E-state index < -0.39 is 0 Å². The minimum Gasteiger partial charge on any atom is -0.272 e. The van der Waals surface area contributed by atoms with Crippen LogP contribution in [0.1, 0.15) is 42.0 Å². The zero-order valence-electron chi connectivity index (χ0n) is 19.9. The molecule has 8 heteroatoms. The van der Waals surface area contributed by atoms with Gasteiger partial charge in [-0.15, -0.1) is 0 Å². The standard InChI is InChI=1S/C30H20Cl4N2OS/c31-20-13-12-18(25(34)16-20)15-26-29(37)36-28(21-8-2-4-11-24(21)33)22-9-5-7-19(27(22)35-30(36)38-26)14-17-6-1-3-10-23(17)32/h1-4,6,8,10-16,28H,5,7,9H2/b19-14+,26-15+. The fourth-order valence-electron chi connectivity index (χ4n) is 5.07. The zero-order chi connectivity index (χ0) is 26.4. The summed E-state index contributed by atoms with van der Waals surface area (Å²) in [5.41, 5.74) is 5.53. The lowest BCUT2D eigenvalue weighted by atomic mass is 9.84. The molecule has 0 N–H and O–H groups in total. The van der Waals surface area contributed by atoms with Crippen LogP contribution in [0.15, 0.2) is 93.4 Å². The van der Waals surface area contributed by atoms with Crippen molar-refractivity contribution in [3.05, 3.63) is 140 Å². The number of hydrogen-bond acceptors (Lipinski definition) is 3. The highest BCUT2D eigenvalue weighted by atomic mass is 35.5. The smallest absolute Gasteiger partial charge is 0.271 e. The molecule has 1 aliphatic carbocycles. The third kappa shape index (κ3) is 4.70. The Morgan fingerprint density at radius 2 is 1.58 bits per heavy atom. The van der Waals surface area contributed by atoms with Crippen LogP contribution in [0, 0.1) is 0 Å². The average molecular weight is 598 g/mol. The highest BCUT2D eigenvalue weighted by Gasteiger charge is 2.33. The minimum atomic E-state index is -0.354. The summed E-state index contributed by atoms with van der Waals surface area (Å²) >= 11 is 27.1. The molecule has 1 atom stereocenters. The molecule has 0 bridgehead atoms. The van der Waals surface area contributed by atoms with E-state index in [-0.39, 0.29) is 11.6 Å². The predicted octanol–water partition coefficient (Wildman–Crippen LogP) is 8.10. The van der Waals surface area contributed by atoms with Crippen LogP contribution in [0.25, 0.3) is 12.2 Å². The third-order valence-corrected chi connectivity index (χ3v) is 9.05. The molecule has 0 spiro atoms. The number of rotatable bonds is 3. The Kier molecular flexibility index (Phi) is 7.10. The number of allylic oxidation sites excluding steroid dienone is 2. The van der Waals surface area contributed by atoms with Crippen LogP contribution in [-0.2, 0) is 0 Å². The lowest BCUT2D eigenvalue weighted by Gasteiger charge is -2.31. The second kappa shape index (κ2) is 10.5. The molecule has 4 aromatic rings. The number of fused-ring (bicyclic) bond motifs is 1. The average Bonchev–Trinajstić information content (AvgIpc) is 3.21. The summed E-state index contributed by atoms with van der Waals surface area (Å²) in [6.07, 6.45) is 6.55. The number of halogens is 4. The van der Waals surface area contributed by atoms with Crippen molar-refractivity contribution in [2.45, 2.75) is 25.3 Å². The van der Waals surface area contributed by atoms with Crippen LogP contribution in [0.4, 0.5) is 0 Å². The molecule has 190 valence electrons. The van der Waals surface area contributed by atoms with Crippen molar-refractivity contribution in [2.75, 3.05) is 0 Å². The van der Waals surface area contributed by atoms with Gasteiger partial charge in [-0.25, -0.2) is 4.99 Å². The number of nitrogens with zero attached hydrogens (tertiary/aromatic N) is 2. The molecule has 2 aliphatic rings. The monoisotopic (exact) mass is 596 g/mol. The Balaban J connectivity index is 1.61. The van der Waals surface area contributed by atoms with E-state index in [1.807, 2.05) is 54.6 Å². The van der Waals surface area contributed by atoms with Gasteiger partial charge in [0.2, 0.25) is 0 Å². The summed E-state index contributed by atoms with van der Waals surface area (Å²) in [5, 5.41) is 2.33. The van der Waals surface area contributed by atoms with Crippen LogP contribution in [0.5, 0.6) is 0 Å². The van der Waals surface area contributed by atoms with E-state index in [4.69, 9.17) is 51.4 Å². The summed E-state index contributed by atoms with van der Waals surface area (Å²) in [4.78, 5) is 19.6. The lowest BCUT2D eigenvalue weighted by Crippen LogP contribution is -2.39. The van der Waals surface area contributed by atoms with Gasteiger partial charge in [0, 0.05) is 20.1 Å². The molecule has 0 amide bonds. The van der Waals surface area contributed by atoms with Crippen molar-refractivity contribution in [1.29, 1.82) is 0 Å². The number of thiazole rings is 1. The second-order valence-corrected chi connectivity index (χ2v) is 11.9. The summed E-state index contributed by atoms with van der Waals surface area (Å²) in [6, 6.07) is 20.4. The van der Waals surface area contributed by atoms with E-state index in [2.05, 4.69) is 6.08 Å². The fourth-order valence-corrected chi connectivity index (χ4v) is 6.95. The molecule has 1 unspecified atom stereocenters. The topological polar surface area (TPSA) is 34.4 Å². The maximum absolute atomic E-state index is 13.9. The second-order valence-electron chi connectivity index (χ2n) is 9.19. The van der Waals surface area contributed by atoms with Crippen molar-refractivity contribution in [1.82, 2.24) is 4.57 Å². The Morgan fingerprint density at radius 1 is 0.842 bits per heavy atom. The van der Waals surface area contributed by atoms with Gasteiger partial charge >= 0.3 is 0 Å². The van der Waals surface area contributed by atoms with Crippen molar-refractivity contribution >= 4 is 69.9 Å². The van der Waals surface area contributed by atoms with Crippen LogP contribution < -0.4 is 14.9 Å².